The SMILES string of the molecule is CCCc1ccccc1NCc1cc(C)cc(C)c1. The molecule has 1 nitrogen and oxygen atoms in total. The van der Waals surface area contributed by atoms with E-state index in [9.17, 15) is 0 Å². The molecular formula is C18H23N. The lowest BCUT2D eigenvalue weighted by molar-refractivity contribution is 0.919. The summed E-state index contributed by atoms with van der Waals surface area (Å²) in [4.78, 5) is 0. The zero-order valence-electron chi connectivity index (χ0n) is 12.2. The fraction of sp³-hybridized carbons (Fsp3) is 0.333. The molecule has 2 aromatic rings. The maximum absolute atomic E-state index is 3.57. The second-order valence-electron chi connectivity index (χ2n) is 5.26. The molecule has 0 radical (unpaired) electrons. The van der Waals surface area contributed by atoms with Crippen LogP contribution < -0.4 is 5.32 Å². The lowest BCUT2D eigenvalue weighted by Gasteiger charge is -2.12. The van der Waals surface area contributed by atoms with Gasteiger partial charge >= 0.3 is 0 Å². The first-order valence-corrected chi connectivity index (χ1v) is 7.08. The molecule has 2 aromatic carbocycles. The molecule has 1 N–H and O–H groups in total. The van der Waals surface area contributed by atoms with E-state index < -0.39 is 0 Å². The van der Waals surface area contributed by atoms with Gasteiger partial charge in [-0.1, -0.05) is 60.9 Å². The minimum atomic E-state index is 0.892. The third kappa shape index (κ3) is 3.85. The first kappa shape index (κ1) is 13.7. The Kier molecular flexibility index (Phi) is 4.62. The lowest BCUT2D eigenvalue weighted by Crippen LogP contribution is -2.03. The quantitative estimate of drug-likeness (QED) is 0.801. The van der Waals surface area contributed by atoms with Gasteiger partial charge in [0.2, 0.25) is 0 Å². The van der Waals surface area contributed by atoms with Gasteiger partial charge in [-0.2, -0.15) is 0 Å². The van der Waals surface area contributed by atoms with Crippen molar-refractivity contribution in [1.29, 1.82) is 0 Å². The normalized spacial score (nSPS) is 10.5. The molecule has 1 heteroatoms. The first-order valence-electron chi connectivity index (χ1n) is 7.08. The third-order valence-electron chi connectivity index (χ3n) is 3.30. The Morgan fingerprint density at radius 1 is 0.947 bits per heavy atom. The summed E-state index contributed by atoms with van der Waals surface area (Å²) in [6.45, 7) is 7.42. The lowest BCUT2D eigenvalue weighted by atomic mass is 10.1. The predicted octanol–water partition coefficient (Wildman–Crippen LogP) is 4.87. The Bertz CT molecular complexity index is 523. The van der Waals surface area contributed by atoms with Crippen molar-refractivity contribution in [3.8, 4) is 0 Å². The van der Waals surface area contributed by atoms with Crippen LogP contribution in [0.2, 0.25) is 0 Å². The van der Waals surface area contributed by atoms with Gasteiger partial charge in [-0.25, -0.2) is 0 Å². The number of aryl methyl sites for hydroxylation is 3. The van der Waals surface area contributed by atoms with E-state index in [1.54, 1.807) is 0 Å². The van der Waals surface area contributed by atoms with Crippen LogP contribution in [0.15, 0.2) is 42.5 Å². The summed E-state index contributed by atoms with van der Waals surface area (Å²) in [5.41, 5.74) is 6.69. The molecule has 0 aromatic heterocycles. The van der Waals surface area contributed by atoms with E-state index >= 15 is 0 Å². The molecule has 19 heavy (non-hydrogen) atoms. The molecule has 0 aliphatic carbocycles. The van der Waals surface area contributed by atoms with E-state index in [1.165, 1.54) is 34.4 Å². The number of hydrogen-bond acceptors (Lipinski definition) is 1. The highest BCUT2D eigenvalue weighted by molar-refractivity contribution is 5.51. The molecule has 0 saturated carbocycles. The molecule has 0 aliphatic heterocycles. The van der Waals surface area contributed by atoms with Crippen LogP contribution in [0.3, 0.4) is 0 Å². The zero-order chi connectivity index (χ0) is 13.7. The van der Waals surface area contributed by atoms with E-state index in [1.807, 2.05) is 0 Å². The molecule has 0 amide bonds. The van der Waals surface area contributed by atoms with Crippen LogP contribution in [-0.2, 0) is 13.0 Å². The topological polar surface area (TPSA) is 12.0 Å². The number of benzene rings is 2. The van der Waals surface area contributed by atoms with E-state index in [-0.39, 0.29) is 0 Å². The Morgan fingerprint density at radius 3 is 2.32 bits per heavy atom. The summed E-state index contributed by atoms with van der Waals surface area (Å²) in [5, 5.41) is 3.57. The third-order valence-corrected chi connectivity index (χ3v) is 3.30. The molecule has 0 heterocycles. The van der Waals surface area contributed by atoms with Gasteiger partial charge < -0.3 is 5.32 Å². The van der Waals surface area contributed by atoms with Crippen molar-refractivity contribution < 1.29 is 0 Å². The average molecular weight is 253 g/mol. The monoisotopic (exact) mass is 253 g/mol. The molecule has 0 saturated heterocycles. The van der Waals surface area contributed by atoms with E-state index in [0.717, 1.165) is 13.0 Å². The standard InChI is InChI=1S/C18H23N/c1-4-7-17-8-5-6-9-18(17)19-13-16-11-14(2)10-15(3)12-16/h5-6,8-12,19H,4,7,13H2,1-3H3. The smallest absolute Gasteiger partial charge is 0.0401 e. The van der Waals surface area contributed by atoms with Gasteiger partial charge in [0.05, 0.1) is 0 Å². The summed E-state index contributed by atoms with van der Waals surface area (Å²) < 4.78 is 0. The van der Waals surface area contributed by atoms with Crippen molar-refractivity contribution in [2.45, 2.75) is 40.2 Å². The Labute approximate surface area is 116 Å². The fourth-order valence-electron chi connectivity index (χ4n) is 2.55. The highest BCUT2D eigenvalue weighted by atomic mass is 14.9. The number of hydrogen-bond donors (Lipinski definition) is 1. The number of rotatable bonds is 5. The maximum Gasteiger partial charge on any atom is 0.0401 e. The average Bonchev–Trinajstić information content (AvgIpc) is 2.37. The van der Waals surface area contributed by atoms with Gasteiger partial charge in [-0.05, 0) is 37.5 Å². The van der Waals surface area contributed by atoms with Crippen LogP contribution in [0, 0.1) is 13.8 Å². The molecule has 0 aliphatic rings. The summed E-state index contributed by atoms with van der Waals surface area (Å²) in [6.07, 6.45) is 2.32. The molecule has 2 rings (SSSR count). The highest BCUT2D eigenvalue weighted by Crippen LogP contribution is 2.18. The maximum atomic E-state index is 3.57. The largest absolute Gasteiger partial charge is 0.381 e. The van der Waals surface area contributed by atoms with Crippen molar-refractivity contribution in [2.75, 3.05) is 5.32 Å². The van der Waals surface area contributed by atoms with E-state index in [2.05, 4.69) is 68.6 Å². The van der Waals surface area contributed by atoms with Gasteiger partial charge in [-0.3, -0.25) is 0 Å². The van der Waals surface area contributed by atoms with Crippen LogP contribution in [0.4, 0.5) is 5.69 Å². The number of nitrogens with one attached hydrogen (secondary N) is 1. The molecule has 0 unspecified atom stereocenters. The van der Waals surface area contributed by atoms with Gasteiger partial charge in [0, 0.05) is 12.2 Å². The van der Waals surface area contributed by atoms with Crippen LogP contribution in [0.1, 0.15) is 35.6 Å². The summed E-state index contributed by atoms with van der Waals surface area (Å²) >= 11 is 0. The summed E-state index contributed by atoms with van der Waals surface area (Å²) in [6, 6.07) is 15.3. The first-order chi connectivity index (χ1) is 9.19. The number of para-hydroxylation sites is 1. The van der Waals surface area contributed by atoms with Crippen molar-refractivity contribution in [1.82, 2.24) is 0 Å². The molecular weight excluding hydrogens is 230 g/mol. The molecule has 0 bridgehead atoms. The zero-order valence-corrected chi connectivity index (χ0v) is 12.2. The van der Waals surface area contributed by atoms with E-state index in [4.69, 9.17) is 0 Å². The predicted molar refractivity (Wildman–Crippen MR) is 83.7 cm³/mol. The van der Waals surface area contributed by atoms with Crippen molar-refractivity contribution in [3.05, 3.63) is 64.7 Å². The van der Waals surface area contributed by atoms with E-state index in [0.29, 0.717) is 0 Å². The summed E-state index contributed by atoms with van der Waals surface area (Å²) in [5.74, 6) is 0. The van der Waals surface area contributed by atoms with Crippen LogP contribution in [-0.4, -0.2) is 0 Å². The van der Waals surface area contributed by atoms with Crippen LogP contribution in [0.5, 0.6) is 0 Å². The van der Waals surface area contributed by atoms with Crippen LogP contribution in [0.25, 0.3) is 0 Å². The number of anilines is 1. The minimum Gasteiger partial charge on any atom is -0.381 e. The van der Waals surface area contributed by atoms with Gasteiger partial charge in [0.1, 0.15) is 0 Å². The van der Waals surface area contributed by atoms with Crippen molar-refractivity contribution in [2.24, 2.45) is 0 Å². The van der Waals surface area contributed by atoms with Gasteiger partial charge in [0.15, 0.2) is 0 Å². The van der Waals surface area contributed by atoms with Gasteiger partial charge in [0.25, 0.3) is 0 Å². The summed E-state index contributed by atoms with van der Waals surface area (Å²) in [7, 11) is 0. The highest BCUT2D eigenvalue weighted by Gasteiger charge is 2.01. The Hall–Kier alpha value is -1.76. The van der Waals surface area contributed by atoms with Crippen molar-refractivity contribution in [3.63, 3.8) is 0 Å². The second kappa shape index (κ2) is 6.42. The van der Waals surface area contributed by atoms with Gasteiger partial charge in [-0.15, -0.1) is 0 Å². The fourth-order valence-corrected chi connectivity index (χ4v) is 2.55. The minimum absolute atomic E-state index is 0.892. The molecule has 0 atom stereocenters. The van der Waals surface area contributed by atoms with Crippen LogP contribution >= 0.6 is 0 Å². The molecule has 0 spiro atoms. The Balaban J connectivity index is 2.09. The van der Waals surface area contributed by atoms with Crippen molar-refractivity contribution >= 4 is 5.69 Å². The molecule has 100 valence electrons. The molecule has 0 fully saturated rings. The Morgan fingerprint density at radius 2 is 1.63 bits per heavy atom. The second-order valence-corrected chi connectivity index (χ2v) is 5.26.